The summed E-state index contributed by atoms with van der Waals surface area (Å²) in [6.45, 7) is 0.451. The van der Waals surface area contributed by atoms with Gasteiger partial charge in [0.2, 0.25) is 0 Å². The molecule has 2 rings (SSSR count). The van der Waals surface area contributed by atoms with Crippen LogP contribution in [0.3, 0.4) is 0 Å². The van der Waals surface area contributed by atoms with E-state index < -0.39 is 18.3 Å². The van der Waals surface area contributed by atoms with Gasteiger partial charge in [-0.25, -0.2) is 4.79 Å². The molecule has 2 aromatic rings. The summed E-state index contributed by atoms with van der Waals surface area (Å²) in [7, 11) is 0. The van der Waals surface area contributed by atoms with Crippen molar-refractivity contribution in [3.63, 3.8) is 0 Å². The molecule has 0 aliphatic carbocycles. The maximum atomic E-state index is 11.7. The van der Waals surface area contributed by atoms with E-state index >= 15 is 0 Å². The van der Waals surface area contributed by atoms with Crippen molar-refractivity contribution < 1.29 is 29.6 Å². The molecule has 0 aromatic heterocycles. The van der Waals surface area contributed by atoms with Gasteiger partial charge in [0.1, 0.15) is 25.1 Å². The Bertz CT molecular complexity index is 677. The van der Waals surface area contributed by atoms with Crippen molar-refractivity contribution in [2.24, 2.45) is 0 Å². The minimum absolute atomic E-state index is 0.0795. The highest BCUT2D eigenvalue weighted by Gasteiger charge is 2.18. The van der Waals surface area contributed by atoms with Gasteiger partial charge in [-0.1, -0.05) is 42.5 Å². The number of carbonyl (C=O) groups excluding carboxylic acids is 1. The minimum atomic E-state index is -1.08. The van der Waals surface area contributed by atoms with Gasteiger partial charge < -0.3 is 30.1 Å². The SMILES string of the molecule is O=C(NCCC(O)C(O)c1ccc(OCCO)cc1)OCc1ccccc1. The van der Waals surface area contributed by atoms with Crippen molar-refractivity contribution in [2.45, 2.75) is 25.2 Å². The first-order chi connectivity index (χ1) is 13.1. The number of carbonyl (C=O) groups is 1. The van der Waals surface area contributed by atoms with E-state index in [1.54, 1.807) is 24.3 Å². The third kappa shape index (κ3) is 7.26. The van der Waals surface area contributed by atoms with Crippen LogP contribution in [0.1, 0.15) is 23.7 Å². The van der Waals surface area contributed by atoms with Gasteiger partial charge in [0.05, 0.1) is 12.7 Å². The zero-order chi connectivity index (χ0) is 19.5. The summed E-state index contributed by atoms with van der Waals surface area (Å²) >= 11 is 0. The molecule has 0 saturated carbocycles. The standard InChI is InChI=1S/C20H25NO6/c22-12-13-26-17-8-6-16(7-9-17)19(24)18(23)10-11-21-20(25)27-14-15-4-2-1-3-5-15/h1-9,18-19,22-24H,10-14H2,(H,21,25). The molecule has 7 nitrogen and oxygen atoms in total. The van der Waals surface area contributed by atoms with Crippen molar-refractivity contribution in [2.75, 3.05) is 19.8 Å². The number of aliphatic hydroxyl groups is 3. The Hall–Kier alpha value is -2.61. The van der Waals surface area contributed by atoms with Crippen LogP contribution >= 0.6 is 0 Å². The second-order valence-electron chi connectivity index (χ2n) is 5.93. The Labute approximate surface area is 158 Å². The molecule has 0 bridgehead atoms. The lowest BCUT2D eigenvalue weighted by molar-refractivity contribution is 0.0136. The Morgan fingerprint density at radius 3 is 2.41 bits per heavy atom. The van der Waals surface area contributed by atoms with Crippen molar-refractivity contribution >= 4 is 6.09 Å². The van der Waals surface area contributed by atoms with Gasteiger partial charge >= 0.3 is 6.09 Å². The molecule has 2 aromatic carbocycles. The fourth-order valence-corrected chi connectivity index (χ4v) is 2.40. The van der Waals surface area contributed by atoms with Gasteiger partial charge in [0.15, 0.2) is 0 Å². The molecular formula is C20H25NO6. The number of rotatable bonds is 10. The fourth-order valence-electron chi connectivity index (χ4n) is 2.40. The lowest BCUT2D eigenvalue weighted by atomic mass is 10.0. The highest BCUT2D eigenvalue weighted by Crippen LogP contribution is 2.21. The molecule has 0 radical (unpaired) electrons. The first-order valence-corrected chi connectivity index (χ1v) is 8.74. The Morgan fingerprint density at radius 1 is 1.04 bits per heavy atom. The number of benzene rings is 2. The summed E-state index contributed by atoms with van der Waals surface area (Å²) in [5.74, 6) is 0.567. The fraction of sp³-hybridized carbons (Fsp3) is 0.350. The predicted octanol–water partition coefficient (Wildman–Crippen LogP) is 1.77. The molecule has 2 unspecified atom stereocenters. The van der Waals surface area contributed by atoms with Gasteiger partial charge in [-0.05, 0) is 29.7 Å². The van der Waals surface area contributed by atoms with Crippen LogP contribution in [0.4, 0.5) is 4.79 Å². The van der Waals surface area contributed by atoms with Gasteiger partial charge in [0, 0.05) is 6.54 Å². The van der Waals surface area contributed by atoms with Crippen molar-refractivity contribution in [3.05, 3.63) is 65.7 Å². The Balaban J connectivity index is 1.69. The molecule has 1 amide bonds. The highest BCUT2D eigenvalue weighted by molar-refractivity contribution is 5.67. The zero-order valence-electron chi connectivity index (χ0n) is 15.0. The zero-order valence-corrected chi connectivity index (χ0v) is 15.0. The molecule has 0 heterocycles. The van der Waals surface area contributed by atoms with Gasteiger partial charge in [-0.2, -0.15) is 0 Å². The average molecular weight is 375 g/mol. The predicted molar refractivity (Wildman–Crippen MR) is 99.2 cm³/mol. The van der Waals surface area contributed by atoms with Crippen molar-refractivity contribution in [1.82, 2.24) is 5.32 Å². The lowest BCUT2D eigenvalue weighted by Crippen LogP contribution is -2.29. The van der Waals surface area contributed by atoms with Crippen LogP contribution in [-0.2, 0) is 11.3 Å². The van der Waals surface area contributed by atoms with E-state index in [-0.39, 0.29) is 32.8 Å². The number of aliphatic hydroxyl groups excluding tert-OH is 3. The van der Waals surface area contributed by atoms with E-state index in [0.29, 0.717) is 11.3 Å². The van der Waals surface area contributed by atoms with Crippen LogP contribution in [0.25, 0.3) is 0 Å². The van der Waals surface area contributed by atoms with Crippen molar-refractivity contribution in [1.29, 1.82) is 0 Å². The number of hydrogen-bond acceptors (Lipinski definition) is 6. The quantitative estimate of drug-likeness (QED) is 0.504. The number of alkyl carbamates (subject to hydrolysis) is 1. The molecular weight excluding hydrogens is 350 g/mol. The molecule has 27 heavy (non-hydrogen) atoms. The topological polar surface area (TPSA) is 108 Å². The number of hydrogen-bond donors (Lipinski definition) is 4. The first kappa shape index (κ1) is 20.7. The third-order valence-corrected chi connectivity index (χ3v) is 3.87. The van der Waals surface area contributed by atoms with Crippen LogP contribution in [-0.4, -0.2) is 47.3 Å². The molecule has 4 N–H and O–H groups in total. The summed E-state index contributed by atoms with van der Waals surface area (Å²) in [6, 6.07) is 15.9. The maximum Gasteiger partial charge on any atom is 0.407 e. The molecule has 0 aliphatic rings. The van der Waals surface area contributed by atoms with E-state index in [1.165, 1.54) is 0 Å². The summed E-state index contributed by atoms with van der Waals surface area (Å²) in [5, 5.41) is 31.6. The summed E-state index contributed by atoms with van der Waals surface area (Å²) in [4.78, 5) is 11.7. The number of amides is 1. The van der Waals surface area contributed by atoms with Crippen LogP contribution < -0.4 is 10.1 Å². The average Bonchev–Trinajstić information content (AvgIpc) is 2.71. The van der Waals surface area contributed by atoms with E-state index in [1.807, 2.05) is 30.3 Å². The third-order valence-electron chi connectivity index (χ3n) is 3.87. The highest BCUT2D eigenvalue weighted by atomic mass is 16.5. The summed E-state index contributed by atoms with van der Waals surface area (Å²) in [6.07, 6.45) is -2.53. The monoisotopic (exact) mass is 375 g/mol. The Kier molecular flexibility index (Phi) is 8.57. The molecule has 0 saturated heterocycles. The van der Waals surface area contributed by atoms with E-state index in [4.69, 9.17) is 14.6 Å². The summed E-state index contributed by atoms with van der Waals surface area (Å²) in [5.41, 5.74) is 1.42. The van der Waals surface area contributed by atoms with E-state index in [9.17, 15) is 15.0 Å². The summed E-state index contributed by atoms with van der Waals surface area (Å²) < 4.78 is 10.3. The Morgan fingerprint density at radius 2 is 1.74 bits per heavy atom. The normalized spacial score (nSPS) is 12.9. The number of ether oxygens (including phenoxy) is 2. The van der Waals surface area contributed by atoms with E-state index in [0.717, 1.165) is 5.56 Å². The molecule has 146 valence electrons. The number of nitrogens with one attached hydrogen (secondary N) is 1. The van der Waals surface area contributed by atoms with Crippen LogP contribution in [0, 0.1) is 0 Å². The maximum absolute atomic E-state index is 11.7. The van der Waals surface area contributed by atoms with Gasteiger partial charge in [-0.3, -0.25) is 0 Å². The van der Waals surface area contributed by atoms with Crippen LogP contribution in [0.15, 0.2) is 54.6 Å². The van der Waals surface area contributed by atoms with Crippen LogP contribution in [0.5, 0.6) is 5.75 Å². The lowest BCUT2D eigenvalue weighted by Gasteiger charge is -2.18. The second kappa shape index (κ2) is 11.2. The molecule has 2 atom stereocenters. The molecule has 0 spiro atoms. The smallest absolute Gasteiger partial charge is 0.407 e. The minimum Gasteiger partial charge on any atom is -0.491 e. The largest absolute Gasteiger partial charge is 0.491 e. The van der Waals surface area contributed by atoms with Crippen LogP contribution in [0.2, 0.25) is 0 Å². The molecule has 0 aliphatic heterocycles. The molecule has 0 fully saturated rings. The molecule has 7 heteroatoms. The van der Waals surface area contributed by atoms with Gasteiger partial charge in [0.25, 0.3) is 0 Å². The first-order valence-electron chi connectivity index (χ1n) is 8.74. The van der Waals surface area contributed by atoms with Crippen molar-refractivity contribution in [3.8, 4) is 5.75 Å². The van der Waals surface area contributed by atoms with E-state index in [2.05, 4.69) is 5.32 Å². The van der Waals surface area contributed by atoms with Gasteiger partial charge in [-0.15, -0.1) is 0 Å². The second-order valence-corrected chi connectivity index (χ2v) is 5.93.